The molecule has 0 aliphatic carbocycles. The molecular formula is C21H23ClN2O2S. The molecule has 1 unspecified atom stereocenters. The molecule has 4 rings (SSSR count). The van der Waals surface area contributed by atoms with E-state index in [0.29, 0.717) is 37.5 Å². The molecule has 2 amide bonds. The Morgan fingerprint density at radius 1 is 1.19 bits per heavy atom. The lowest BCUT2D eigenvalue weighted by atomic mass is 9.94. The maximum Gasteiger partial charge on any atom is 0.227 e. The van der Waals surface area contributed by atoms with Crippen molar-refractivity contribution < 1.29 is 9.59 Å². The van der Waals surface area contributed by atoms with E-state index in [-0.39, 0.29) is 17.7 Å². The van der Waals surface area contributed by atoms with Crippen LogP contribution in [-0.4, -0.2) is 41.2 Å². The topological polar surface area (TPSA) is 40.6 Å². The van der Waals surface area contributed by atoms with Crippen molar-refractivity contribution in [1.82, 2.24) is 9.80 Å². The molecular weight excluding hydrogens is 380 g/mol. The first-order valence-corrected chi connectivity index (χ1v) is 10.7. The Kier molecular flexibility index (Phi) is 5.50. The zero-order chi connectivity index (χ0) is 18.8. The van der Waals surface area contributed by atoms with E-state index in [2.05, 4.69) is 11.4 Å². The molecule has 27 heavy (non-hydrogen) atoms. The van der Waals surface area contributed by atoms with Gasteiger partial charge in [-0.3, -0.25) is 9.59 Å². The molecule has 1 aromatic carbocycles. The third kappa shape index (κ3) is 4.19. The Hall–Kier alpha value is -1.85. The number of carbonyl (C=O) groups excluding carboxylic acids is 2. The van der Waals surface area contributed by atoms with Crippen LogP contribution in [0.15, 0.2) is 35.7 Å². The summed E-state index contributed by atoms with van der Waals surface area (Å²) in [6, 6.07) is 9.85. The number of likely N-dealkylation sites (tertiary alicyclic amines) is 1. The third-order valence-electron chi connectivity index (χ3n) is 5.55. The highest BCUT2D eigenvalue weighted by Gasteiger charge is 2.33. The monoisotopic (exact) mass is 402 g/mol. The first kappa shape index (κ1) is 18.5. The van der Waals surface area contributed by atoms with E-state index >= 15 is 0 Å². The van der Waals surface area contributed by atoms with Gasteiger partial charge in [0.2, 0.25) is 11.8 Å². The van der Waals surface area contributed by atoms with Crippen molar-refractivity contribution in [1.29, 1.82) is 0 Å². The highest BCUT2D eigenvalue weighted by molar-refractivity contribution is 7.10. The van der Waals surface area contributed by atoms with E-state index in [1.807, 2.05) is 34.1 Å². The number of thiophene rings is 1. The van der Waals surface area contributed by atoms with Crippen LogP contribution in [0.3, 0.4) is 0 Å². The molecule has 0 spiro atoms. The predicted molar refractivity (Wildman–Crippen MR) is 108 cm³/mol. The van der Waals surface area contributed by atoms with Gasteiger partial charge in [-0.25, -0.2) is 0 Å². The van der Waals surface area contributed by atoms with Crippen molar-refractivity contribution in [3.8, 4) is 0 Å². The summed E-state index contributed by atoms with van der Waals surface area (Å²) < 4.78 is 0. The molecule has 142 valence electrons. The Morgan fingerprint density at radius 3 is 2.81 bits per heavy atom. The van der Waals surface area contributed by atoms with Crippen LogP contribution in [0.25, 0.3) is 0 Å². The number of amides is 2. The zero-order valence-corrected chi connectivity index (χ0v) is 16.8. The van der Waals surface area contributed by atoms with E-state index in [1.165, 1.54) is 10.4 Å². The van der Waals surface area contributed by atoms with Gasteiger partial charge in [0.25, 0.3) is 0 Å². The van der Waals surface area contributed by atoms with Crippen molar-refractivity contribution in [2.24, 2.45) is 5.92 Å². The van der Waals surface area contributed by atoms with E-state index < -0.39 is 0 Å². The summed E-state index contributed by atoms with van der Waals surface area (Å²) in [4.78, 5) is 30.6. The lowest BCUT2D eigenvalue weighted by molar-refractivity contribution is -0.143. The molecule has 6 heteroatoms. The van der Waals surface area contributed by atoms with E-state index in [0.717, 1.165) is 24.9 Å². The predicted octanol–water partition coefficient (Wildman–Crippen LogP) is 3.77. The Balaban J connectivity index is 1.36. The summed E-state index contributed by atoms with van der Waals surface area (Å²) in [5, 5.41) is 2.82. The van der Waals surface area contributed by atoms with Gasteiger partial charge in [0.1, 0.15) is 0 Å². The molecule has 0 radical (unpaired) electrons. The van der Waals surface area contributed by atoms with Crippen LogP contribution < -0.4 is 0 Å². The number of hydrogen-bond donors (Lipinski definition) is 0. The van der Waals surface area contributed by atoms with Gasteiger partial charge in [0.15, 0.2) is 0 Å². The van der Waals surface area contributed by atoms with E-state index in [1.54, 1.807) is 11.3 Å². The molecule has 2 aliphatic heterocycles. The molecule has 1 saturated heterocycles. The van der Waals surface area contributed by atoms with Crippen molar-refractivity contribution >= 4 is 34.8 Å². The fraction of sp³-hybridized carbons (Fsp3) is 0.429. The van der Waals surface area contributed by atoms with Crippen LogP contribution in [0, 0.1) is 5.92 Å². The lowest BCUT2D eigenvalue weighted by Crippen LogP contribution is -2.48. The number of rotatable bonds is 4. The Labute approximate surface area is 168 Å². The van der Waals surface area contributed by atoms with Crippen LogP contribution in [0.5, 0.6) is 0 Å². The van der Waals surface area contributed by atoms with Crippen LogP contribution in [0.4, 0.5) is 0 Å². The number of benzene rings is 1. The Morgan fingerprint density at radius 2 is 2.00 bits per heavy atom. The first-order chi connectivity index (χ1) is 13.1. The maximum atomic E-state index is 13.0. The van der Waals surface area contributed by atoms with Crippen molar-refractivity contribution in [2.45, 2.75) is 32.2 Å². The van der Waals surface area contributed by atoms with Crippen LogP contribution in [0.2, 0.25) is 5.02 Å². The summed E-state index contributed by atoms with van der Waals surface area (Å²) in [6.45, 7) is 2.70. The maximum absolute atomic E-state index is 13.0. The fourth-order valence-electron chi connectivity index (χ4n) is 3.94. The highest BCUT2D eigenvalue weighted by atomic mass is 35.5. The standard InChI is InChI=1S/C21H23ClN2O2S/c22-18-4-1-15(2-5-18)7-10-23-14-17(3-6-20(23)25)21(26)24-11-8-19-16(13-24)9-12-27-19/h1-2,4-5,9,12,17H,3,6-8,10-11,13-14H2. The second-order valence-electron chi connectivity index (χ2n) is 7.33. The van der Waals surface area contributed by atoms with Gasteiger partial charge in [-0.1, -0.05) is 23.7 Å². The van der Waals surface area contributed by atoms with Crippen molar-refractivity contribution in [3.05, 3.63) is 56.7 Å². The number of carbonyl (C=O) groups is 2. The second kappa shape index (κ2) is 8.03. The minimum absolute atomic E-state index is 0.0758. The highest BCUT2D eigenvalue weighted by Crippen LogP contribution is 2.27. The molecule has 1 atom stereocenters. The molecule has 1 aromatic heterocycles. The number of halogens is 1. The molecule has 2 aromatic rings. The van der Waals surface area contributed by atoms with E-state index in [9.17, 15) is 9.59 Å². The number of piperidine rings is 1. The third-order valence-corrected chi connectivity index (χ3v) is 6.83. The van der Waals surface area contributed by atoms with Gasteiger partial charge in [0.05, 0.1) is 5.92 Å². The molecule has 0 saturated carbocycles. The molecule has 0 N–H and O–H groups in total. The summed E-state index contributed by atoms with van der Waals surface area (Å²) >= 11 is 7.71. The molecule has 3 heterocycles. The molecule has 0 bridgehead atoms. The van der Waals surface area contributed by atoms with Gasteiger partial charge in [-0.15, -0.1) is 11.3 Å². The largest absolute Gasteiger partial charge is 0.342 e. The first-order valence-electron chi connectivity index (χ1n) is 9.46. The number of fused-ring (bicyclic) bond motifs is 1. The molecule has 1 fully saturated rings. The fourth-order valence-corrected chi connectivity index (χ4v) is 4.96. The van der Waals surface area contributed by atoms with Gasteiger partial charge < -0.3 is 9.80 Å². The average molecular weight is 403 g/mol. The normalized spacial score (nSPS) is 19.9. The molecule has 2 aliphatic rings. The molecule has 4 nitrogen and oxygen atoms in total. The smallest absolute Gasteiger partial charge is 0.227 e. The SMILES string of the molecule is O=C1CCC(C(=O)N2CCc3sccc3C2)CN1CCc1ccc(Cl)cc1. The van der Waals surface area contributed by atoms with Gasteiger partial charge >= 0.3 is 0 Å². The van der Waals surface area contributed by atoms with Crippen molar-refractivity contribution in [2.75, 3.05) is 19.6 Å². The summed E-state index contributed by atoms with van der Waals surface area (Å²) in [5.41, 5.74) is 2.44. The second-order valence-corrected chi connectivity index (χ2v) is 8.77. The zero-order valence-electron chi connectivity index (χ0n) is 15.2. The number of hydrogen-bond acceptors (Lipinski definition) is 3. The van der Waals surface area contributed by atoms with E-state index in [4.69, 9.17) is 11.6 Å². The number of nitrogens with zero attached hydrogens (tertiary/aromatic N) is 2. The summed E-state index contributed by atoms with van der Waals surface area (Å²) in [7, 11) is 0. The van der Waals surface area contributed by atoms with Crippen molar-refractivity contribution in [3.63, 3.8) is 0 Å². The minimum Gasteiger partial charge on any atom is -0.342 e. The van der Waals surface area contributed by atoms with Crippen LogP contribution in [-0.2, 0) is 29.0 Å². The summed E-state index contributed by atoms with van der Waals surface area (Å²) in [5.74, 6) is 0.288. The van der Waals surface area contributed by atoms with Crippen LogP contribution >= 0.6 is 22.9 Å². The Bertz CT molecular complexity index is 833. The minimum atomic E-state index is -0.0758. The lowest BCUT2D eigenvalue weighted by Gasteiger charge is -2.36. The van der Waals surface area contributed by atoms with Gasteiger partial charge in [0, 0.05) is 42.5 Å². The van der Waals surface area contributed by atoms with Gasteiger partial charge in [-0.2, -0.15) is 0 Å². The summed E-state index contributed by atoms with van der Waals surface area (Å²) in [6.07, 6.45) is 2.87. The quantitative estimate of drug-likeness (QED) is 0.781. The average Bonchev–Trinajstić information content (AvgIpc) is 3.16. The van der Waals surface area contributed by atoms with Gasteiger partial charge in [-0.05, 0) is 54.0 Å². The van der Waals surface area contributed by atoms with Crippen LogP contribution in [0.1, 0.15) is 28.8 Å².